The van der Waals surface area contributed by atoms with Crippen molar-refractivity contribution in [3.05, 3.63) is 11.3 Å². The number of rotatable bonds is 6. The molecule has 0 aliphatic rings. The maximum absolute atomic E-state index is 11.8. The number of hydrogen-bond donors (Lipinski definition) is 2. The summed E-state index contributed by atoms with van der Waals surface area (Å²) in [4.78, 5) is 22.9. The number of carbonyl (C=O) groups is 2. The first kappa shape index (κ1) is 15.2. The van der Waals surface area contributed by atoms with E-state index < -0.39 is 0 Å². The van der Waals surface area contributed by atoms with Crippen LogP contribution in [-0.2, 0) is 29.5 Å². The SMILES string of the molecule is CCc1nn(C)c(NC(=O)CCC(=O)NC)c1CC. The van der Waals surface area contributed by atoms with E-state index in [0.29, 0.717) is 0 Å². The lowest BCUT2D eigenvalue weighted by atomic mass is 10.1. The van der Waals surface area contributed by atoms with Gasteiger partial charge < -0.3 is 10.6 Å². The highest BCUT2D eigenvalue weighted by atomic mass is 16.2. The lowest BCUT2D eigenvalue weighted by Crippen LogP contribution is -2.21. The molecule has 0 saturated carbocycles. The molecule has 2 amide bonds. The lowest BCUT2D eigenvalue weighted by molar-refractivity contribution is -0.124. The number of carbonyl (C=O) groups excluding carboxylic acids is 2. The van der Waals surface area contributed by atoms with Gasteiger partial charge in [-0.05, 0) is 12.8 Å². The molecule has 0 spiro atoms. The average molecular weight is 266 g/mol. The van der Waals surface area contributed by atoms with Gasteiger partial charge in [0.25, 0.3) is 0 Å². The topological polar surface area (TPSA) is 76.0 Å². The van der Waals surface area contributed by atoms with Crippen LogP contribution in [0, 0.1) is 0 Å². The minimum absolute atomic E-state index is 0.134. The smallest absolute Gasteiger partial charge is 0.226 e. The van der Waals surface area contributed by atoms with Crippen molar-refractivity contribution in [3.63, 3.8) is 0 Å². The predicted molar refractivity (Wildman–Crippen MR) is 73.9 cm³/mol. The molecular formula is C13H22N4O2. The monoisotopic (exact) mass is 266 g/mol. The molecule has 0 aliphatic carbocycles. The minimum Gasteiger partial charge on any atom is -0.359 e. The van der Waals surface area contributed by atoms with Crippen molar-refractivity contribution < 1.29 is 9.59 Å². The van der Waals surface area contributed by atoms with E-state index in [1.165, 1.54) is 0 Å². The maximum atomic E-state index is 11.8. The van der Waals surface area contributed by atoms with Crippen molar-refractivity contribution in [1.82, 2.24) is 15.1 Å². The van der Waals surface area contributed by atoms with E-state index in [2.05, 4.69) is 15.7 Å². The Morgan fingerprint density at radius 3 is 2.32 bits per heavy atom. The molecule has 1 aromatic heterocycles. The molecule has 106 valence electrons. The van der Waals surface area contributed by atoms with Gasteiger partial charge in [-0.15, -0.1) is 0 Å². The van der Waals surface area contributed by atoms with Crippen LogP contribution in [0.2, 0.25) is 0 Å². The van der Waals surface area contributed by atoms with Gasteiger partial charge in [0.1, 0.15) is 5.82 Å². The zero-order valence-corrected chi connectivity index (χ0v) is 12.0. The van der Waals surface area contributed by atoms with Gasteiger partial charge in [-0.1, -0.05) is 13.8 Å². The second kappa shape index (κ2) is 6.92. The molecule has 1 rings (SSSR count). The Labute approximate surface area is 113 Å². The molecule has 2 N–H and O–H groups in total. The van der Waals surface area contributed by atoms with E-state index in [1.807, 2.05) is 20.9 Å². The van der Waals surface area contributed by atoms with Gasteiger partial charge in [0, 0.05) is 32.5 Å². The summed E-state index contributed by atoms with van der Waals surface area (Å²) in [6, 6.07) is 0. The molecule has 0 aromatic carbocycles. The molecule has 1 aromatic rings. The van der Waals surface area contributed by atoms with Crippen LogP contribution in [-0.4, -0.2) is 28.6 Å². The Morgan fingerprint density at radius 1 is 1.16 bits per heavy atom. The number of nitrogens with zero attached hydrogens (tertiary/aromatic N) is 2. The molecule has 0 atom stereocenters. The summed E-state index contributed by atoms with van der Waals surface area (Å²) in [7, 11) is 3.37. The van der Waals surface area contributed by atoms with E-state index >= 15 is 0 Å². The van der Waals surface area contributed by atoms with Gasteiger partial charge in [-0.3, -0.25) is 14.3 Å². The van der Waals surface area contributed by atoms with Crippen LogP contribution >= 0.6 is 0 Å². The summed E-state index contributed by atoms with van der Waals surface area (Å²) in [6.07, 6.45) is 2.03. The van der Waals surface area contributed by atoms with Gasteiger partial charge in [0.05, 0.1) is 5.69 Å². The number of anilines is 1. The summed E-state index contributed by atoms with van der Waals surface area (Å²) >= 11 is 0. The fourth-order valence-electron chi connectivity index (χ4n) is 1.98. The molecule has 0 fully saturated rings. The minimum atomic E-state index is -0.163. The average Bonchev–Trinajstić information content (AvgIpc) is 2.71. The molecule has 6 heteroatoms. The van der Waals surface area contributed by atoms with Crippen LogP contribution in [0.25, 0.3) is 0 Å². The van der Waals surface area contributed by atoms with E-state index in [4.69, 9.17) is 0 Å². The Bertz CT molecular complexity index is 465. The predicted octanol–water partition coefficient (Wildman–Crippen LogP) is 1.01. The largest absolute Gasteiger partial charge is 0.359 e. The summed E-state index contributed by atoms with van der Waals surface area (Å²) < 4.78 is 1.69. The van der Waals surface area contributed by atoms with Gasteiger partial charge in [0.15, 0.2) is 0 Å². The molecular weight excluding hydrogens is 244 g/mol. The first-order valence-electron chi connectivity index (χ1n) is 6.58. The van der Waals surface area contributed by atoms with Crippen molar-refractivity contribution in [2.45, 2.75) is 39.5 Å². The summed E-state index contributed by atoms with van der Waals surface area (Å²) in [5.74, 6) is 0.440. The van der Waals surface area contributed by atoms with Crippen LogP contribution < -0.4 is 10.6 Å². The van der Waals surface area contributed by atoms with E-state index in [9.17, 15) is 9.59 Å². The third-order valence-electron chi connectivity index (χ3n) is 3.03. The highest BCUT2D eigenvalue weighted by Crippen LogP contribution is 2.20. The number of amides is 2. The van der Waals surface area contributed by atoms with Crippen LogP contribution in [0.5, 0.6) is 0 Å². The zero-order chi connectivity index (χ0) is 14.4. The fourth-order valence-corrected chi connectivity index (χ4v) is 1.98. The molecule has 0 radical (unpaired) electrons. The van der Waals surface area contributed by atoms with E-state index in [-0.39, 0.29) is 24.7 Å². The third-order valence-corrected chi connectivity index (χ3v) is 3.03. The number of aryl methyl sites for hydroxylation is 2. The Balaban J connectivity index is 2.73. The Hall–Kier alpha value is -1.85. The highest BCUT2D eigenvalue weighted by molar-refractivity contribution is 5.93. The summed E-state index contributed by atoms with van der Waals surface area (Å²) in [5, 5.41) is 9.73. The molecule has 1 heterocycles. The second-order valence-electron chi connectivity index (χ2n) is 4.33. The maximum Gasteiger partial charge on any atom is 0.226 e. The van der Waals surface area contributed by atoms with Crippen molar-refractivity contribution in [2.24, 2.45) is 7.05 Å². The number of hydrogen-bond acceptors (Lipinski definition) is 3. The van der Waals surface area contributed by atoms with Crippen molar-refractivity contribution in [2.75, 3.05) is 12.4 Å². The Morgan fingerprint density at radius 2 is 1.79 bits per heavy atom. The molecule has 0 bridgehead atoms. The van der Waals surface area contributed by atoms with Gasteiger partial charge in [-0.2, -0.15) is 5.10 Å². The highest BCUT2D eigenvalue weighted by Gasteiger charge is 2.15. The third kappa shape index (κ3) is 3.81. The zero-order valence-electron chi connectivity index (χ0n) is 12.0. The van der Waals surface area contributed by atoms with Crippen LogP contribution in [0.3, 0.4) is 0 Å². The fraction of sp³-hybridized carbons (Fsp3) is 0.615. The van der Waals surface area contributed by atoms with Crippen LogP contribution in [0.1, 0.15) is 37.9 Å². The molecule has 0 unspecified atom stereocenters. The standard InChI is InChI=1S/C13H22N4O2/c1-5-9-10(6-2)16-17(4)13(9)15-12(19)8-7-11(18)14-3/h5-8H2,1-4H3,(H,14,18)(H,15,19). The molecule has 0 saturated heterocycles. The first-order chi connectivity index (χ1) is 9.03. The van der Waals surface area contributed by atoms with Crippen molar-refractivity contribution in [1.29, 1.82) is 0 Å². The van der Waals surface area contributed by atoms with Gasteiger partial charge in [0.2, 0.25) is 11.8 Å². The van der Waals surface area contributed by atoms with Gasteiger partial charge >= 0.3 is 0 Å². The quantitative estimate of drug-likeness (QED) is 0.807. The van der Waals surface area contributed by atoms with Crippen LogP contribution in [0.15, 0.2) is 0 Å². The summed E-state index contributed by atoms with van der Waals surface area (Å²) in [6.45, 7) is 4.08. The first-order valence-corrected chi connectivity index (χ1v) is 6.58. The lowest BCUT2D eigenvalue weighted by Gasteiger charge is -2.07. The van der Waals surface area contributed by atoms with Crippen LogP contribution in [0.4, 0.5) is 5.82 Å². The molecule has 6 nitrogen and oxygen atoms in total. The number of aromatic nitrogens is 2. The summed E-state index contributed by atoms with van der Waals surface area (Å²) in [5.41, 5.74) is 2.07. The van der Waals surface area contributed by atoms with Gasteiger partial charge in [-0.25, -0.2) is 0 Å². The van der Waals surface area contributed by atoms with E-state index in [1.54, 1.807) is 11.7 Å². The normalized spacial score (nSPS) is 10.3. The molecule has 19 heavy (non-hydrogen) atoms. The Kier molecular flexibility index (Phi) is 5.54. The molecule has 0 aliphatic heterocycles. The van der Waals surface area contributed by atoms with E-state index in [0.717, 1.165) is 29.9 Å². The second-order valence-corrected chi connectivity index (χ2v) is 4.33. The number of nitrogens with one attached hydrogen (secondary N) is 2. The van der Waals surface area contributed by atoms with Crippen molar-refractivity contribution in [3.8, 4) is 0 Å². The van der Waals surface area contributed by atoms with Crippen molar-refractivity contribution >= 4 is 17.6 Å².